The molecular formula is C11H22N2O2. The maximum absolute atomic E-state index is 10.7. The van der Waals surface area contributed by atoms with E-state index in [9.17, 15) is 4.79 Å². The van der Waals surface area contributed by atoms with Crippen molar-refractivity contribution in [1.29, 1.82) is 0 Å². The molecule has 0 saturated carbocycles. The standard InChI is InChI=1S/C11H22N2O2/c1-11(2,3)13-6-4-5-12-9(8-13)7-10(14)15/h9,12H,4-8H2,1-3H3,(H,14,15). The summed E-state index contributed by atoms with van der Waals surface area (Å²) in [6.45, 7) is 9.33. The summed E-state index contributed by atoms with van der Waals surface area (Å²) in [4.78, 5) is 13.0. The van der Waals surface area contributed by atoms with E-state index in [1.54, 1.807) is 0 Å². The highest BCUT2D eigenvalue weighted by Crippen LogP contribution is 2.16. The number of carboxylic acid groups (broad SMARTS) is 1. The van der Waals surface area contributed by atoms with Gasteiger partial charge in [-0.3, -0.25) is 9.69 Å². The van der Waals surface area contributed by atoms with Gasteiger partial charge in [0, 0.05) is 18.1 Å². The van der Waals surface area contributed by atoms with Gasteiger partial charge in [0.25, 0.3) is 0 Å². The van der Waals surface area contributed by atoms with Gasteiger partial charge >= 0.3 is 5.97 Å². The van der Waals surface area contributed by atoms with Gasteiger partial charge in [0.05, 0.1) is 6.42 Å². The molecule has 1 atom stereocenters. The third kappa shape index (κ3) is 4.18. The smallest absolute Gasteiger partial charge is 0.304 e. The van der Waals surface area contributed by atoms with Crippen LogP contribution in [0, 0.1) is 0 Å². The second-order valence-corrected chi connectivity index (χ2v) is 5.22. The van der Waals surface area contributed by atoms with Crippen molar-refractivity contribution in [3.05, 3.63) is 0 Å². The average molecular weight is 214 g/mol. The normalized spacial score (nSPS) is 24.9. The maximum Gasteiger partial charge on any atom is 0.304 e. The summed E-state index contributed by atoms with van der Waals surface area (Å²) in [6, 6.07) is 0.0872. The van der Waals surface area contributed by atoms with E-state index in [1.807, 2.05) is 0 Å². The quantitative estimate of drug-likeness (QED) is 0.718. The van der Waals surface area contributed by atoms with Crippen molar-refractivity contribution in [2.75, 3.05) is 19.6 Å². The van der Waals surface area contributed by atoms with Gasteiger partial charge in [-0.15, -0.1) is 0 Å². The SMILES string of the molecule is CC(C)(C)N1CCCNC(CC(=O)O)C1. The number of carbonyl (C=O) groups is 1. The minimum atomic E-state index is -0.719. The molecule has 0 aromatic rings. The van der Waals surface area contributed by atoms with Gasteiger partial charge in [-0.25, -0.2) is 0 Å². The van der Waals surface area contributed by atoms with Crippen LogP contribution in [0.2, 0.25) is 0 Å². The molecule has 15 heavy (non-hydrogen) atoms. The molecule has 0 aromatic heterocycles. The fourth-order valence-electron chi connectivity index (χ4n) is 1.95. The summed E-state index contributed by atoms with van der Waals surface area (Å²) in [5.74, 6) is -0.719. The Kier molecular flexibility index (Phi) is 4.11. The summed E-state index contributed by atoms with van der Waals surface area (Å²) in [7, 11) is 0. The number of hydrogen-bond donors (Lipinski definition) is 2. The summed E-state index contributed by atoms with van der Waals surface area (Å²) >= 11 is 0. The lowest BCUT2D eigenvalue weighted by Crippen LogP contribution is -2.47. The Morgan fingerprint density at radius 1 is 1.53 bits per heavy atom. The molecule has 2 N–H and O–H groups in total. The highest BCUT2D eigenvalue weighted by atomic mass is 16.4. The molecule has 0 spiro atoms. The average Bonchev–Trinajstić information content (AvgIpc) is 2.27. The summed E-state index contributed by atoms with van der Waals surface area (Å²) in [6.07, 6.45) is 1.31. The molecule has 4 nitrogen and oxygen atoms in total. The predicted octanol–water partition coefficient (Wildman–Crippen LogP) is 0.923. The van der Waals surface area contributed by atoms with Crippen LogP contribution in [0.5, 0.6) is 0 Å². The van der Waals surface area contributed by atoms with Crippen molar-refractivity contribution in [3.8, 4) is 0 Å². The Balaban J connectivity index is 2.57. The Morgan fingerprint density at radius 3 is 2.73 bits per heavy atom. The van der Waals surface area contributed by atoms with E-state index >= 15 is 0 Å². The molecule has 1 aliphatic heterocycles. The van der Waals surface area contributed by atoms with Gasteiger partial charge in [-0.2, -0.15) is 0 Å². The molecule has 1 aliphatic rings. The molecule has 88 valence electrons. The third-order valence-electron chi connectivity index (χ3n) is 2.85. The molecule has 4 heteroatoms. The Bertz CT molecular complexity index is 223. The van der Waals surface area contributed by atoms with Gasteiger partial charge in [0.2, 0.25) is 0 Å². The first-order valence-electron chi connectivity index (χ1n) is 5.60. The second kappa shape index (κ2) is 4.94. The van der Waals surface area contributed by atoms with Crippen molar-refractivity contribution in [2.24, 2.45) is 0 Å². The predicted molar refractivity (Wildman–Crippen MR) is 60.0 cm³/mol. The van der Waals surface area contributed by atoms with E-state index < -0.39 is 5.97 Å². The van der Waals surface area contributed by atoms with E-state index in [2.05, 4.69) is 31.0 Å². The van der Waals surface area contributed by atoms with Crippen LogP contribution in [0.4, 0.5) is 0 Å². The largest absolute Gasteiger partial charge is 0.481 e. The van der Waals surface area contributed by atoms with Crippen LogP contribution >= 0.6 is 0 Å². The van der Waals surface area contributed by atoms with Crippen LogP contribution in [-0.2, 0) is 4.79 Å². The zero-order valence-corrected chi connectivity index (χ0v) is 9.92. The topological polar surface area (TPSA) is 52.6 Å². The molecule has 0 amide bonds. The molecular weight excluding hydrogens is 192 g/mol. The molecule has 1 fully saturated rings. The van der Waals surface area contributed by atoms with E-state index in [-0.39, 0.29) is 18.0 Å². The zero-order valence-electron chi connectivity index (χ0n) is 9.92. The van der Waals surface area contributed by atoms with Crippen LogP contribution in [0.1, 0.15) is 33.6 Å². The fourth-order valence-corrected chi connectivity index (χ4v) is 1.95. The van der Waals surface area contributed by atoms with E-state index in [0.717, 1.165) is 26.1 Å². The molecule has 0 aromatic carbocycles. The number of carboxylic acids is 1. The molecule has 0 bridgehead atoms. The van der Waals surface area contributed by atoms with Crippen molar-refractivity contribution in [3.63, 3.8) is 0 Å². The van der Waals surface area contributed by atoms with Crippen molar-refractivity contribution < 1.29 is 9.90 Å². The van der Waals surface area contributed by atoms with E-state index in [4.69, 9.17) is 5.11 Å². The molecule has 1 saturated heterocycles. The van der Waals surface area contributed by atoms with Gasteiger partial charge < -0.3 is 10.4 Å². The zero-order chi connectivity index (χ0) is 11.5. The lowest BCUT2D eigenvalue weighted by atomic mass is 10.0. The van der Waals surface area contributed by atoms with Gasteiger partial charge in [-0.05, 0) is 40.3 Å². The fraction of sp³-hybridized carbons (Fsp3) is 0.909. The number of aliphatic carboxylic acids is 1. The lowest BCUT2D eigenvalue weighted by molar-refractivity contribution is -0.137. The Labute approximate surface area is 91.6 Å². The number of nitrogens with one attached hydrogen (secondary N) is 1. The van der Waals surface area contributed by atoms with Crippen LogP contribution in [0.3, 0.4) is 0 Å². The van der Waals surface area contributed by atoms with Crippen molar-refractivity contribution in [2.45, 2.75) is 45.2 Å². The summed E-state index contributed by atoms with van der Waals surface area (Å²) in [5, 5.41) is 12.1. The Morgan fingerprint density at radius 2 is 2.20 bits per heavy atom. The minimum absolute atomic E-state index is 0.0872. The summed E-state index contributed by atoms with van der Waals surface area (Å²) < 4.78 is 0. The Hall–Kier alpha value is -0.610. The van der Waals surface area contributed by atoms with Crippen LogP contribution in [0.25, 0.3) is 0 Å². The molecule has 1 heterocycles. The number of nitrogens with zero attached hydrogens (tertiary/aromatic N) is 1. The van der Waals surface area contributed by atoms with Crippen molar-refractivity contribution in [1.82, 2.24) is 10.2 Å². The van der Waals surface area contributed by atoms with Crippen LogP contribution in [0.15, 0.2) is 0 Å². The number of rotatable bonds is 2. The van der Waals surface area contributed by atoms with Gasteiger partial charge in [0.15, 0.2) is 0 Å². The molecule has 0 aliphatic carbocycles. The molecule has 1 rings (SSSR count). The number of hydrogen-bond acceptors (Lipinski definition) is 3. The summed E-state index contributed by atoms with van der Waals surface area (Å²) in [5.41, 5.74) is 0.128. The first-order chi connectivity index (χ1) is 6.89. The second-order valence-electron chi connectivity index (χ2n) is 5.22. The van der Waals surface area contributed by atoms with Gasteiger partial charge in [0.1, 0.15) is 0 Å². The highest BCUT2D eigenvalue weighted by Gasteiger charge is 2.26. The molecule has 1 unspecified atom stereocenters. The molecule has 0 radical (unpaired) electrons. The third-order valence-corrected chi connectivity index (χ3v) is 2.85. The highest BCUT2D eigenvalue weighted by molar-refractivity contribution is 5.67. The monoisotopic (exact) mass is 214 g/mol. The van der Waals surface area contributed by atoms with Gasteiger partial charge in [-0.1, -0.05) is 0 Å². The maximum atomic E-state index is 10.7. The first-order valence-corrected chi connectivity index (χ1v) is 5.60. The minimum Gasteiger partial charge on any atom is -0.481 e. The van der Waals surface area contributed by atoms with Crippen molar-refractivity contribution >= 4 is 5.97 Å². The van der Waals surface area contributed by atoms with Crippen LogP contribution < -0.4 is 5.32 Å². The first kappa shape index (κ1) is 12.5. The van der Waals surface area contributed by atoms with E-state index in [1.165, 1.54) is 0 Å². The van der Waals surface area contributed by atoms with Crippen LogP contribution in [-0.4, -0.2) is 47.2 Å². The lowest BCUT2D eigenvalue weighted by Gasteiger charge is -2.36. The van der Waals surface area contributed by atoms with E-state index in [0.29, 0.717) is 0 Å².